The van der Waals surface area contributed by atoms with Gasteiger partial charge in [-0.1, -0.05) is 18.2 Å². The lowest BCUT2D eigenvalue weighted by Crippen LogP contribution is -2.07. The predicted molar refractivity (Wildman–Crippen MR) is 84.1 cm³/mol. The molecule has 0 saturated carbocycles. The second kappa shape index (κ2) is 6.86. The number of hydrogen-bond acceptors (Lipinski definition) is 4. The third kappa shape index (κ3) is 3.80. The number of para-hydroxylation sites is 1. The van der Waals surface area contributed by atoms with Gasteiger partial charge in [-0.25, -0.2) is 0 Å². The van der Waals surface area contributed by atoms with Gasteiger partial charge in [0, 0.05) is 28.3 Å². The van der Waals surface area contributed by atoms with Gasteiger partial charge >= 0.3 is 0 Å². The molecule has 2 rings (SSSR count). The van der Waals surface area contributed by atoms with Gasteiger partial charge in [0.1, 0.15) is 0 Å². The van der Waals surface area contributed by atoms with E-state index in [1.54, 1.807) is 30.3 Å². The lowest BCUT2D eigenvalue weighted by molar-refractivity contribution is -0.385. The monoisotopic (exact) mass is 345 g/mol. The van der Waals surface area contributed by atoms with Gasteiger partial charge < -0.3 is 5.32 Å². The van der Waals surface area contributed by atoms with E-state index in [1.165, 1.54) is 6.07 Å². The molecule has 0 spiro atoms. The van der Waals surface area contributed by atoms with Crippen molar-refractivity contribution in [1.82, 2.24) is 0 Å². The van der Waals surface area contributed by atoms with Crippen LogP contribution in [0.4, 0.5) is 11.4 Å². The Morgan fingerprint density at radius 2 is 2.05 bits per heavy atom. The normalized spacial score (nSPS) is 9.90. The average Bonchev–Trinajstić information content (AvgIpc) is 2.49. The Bertz CT molecular complexity index is 710. The summed E-state index contributed by atoms with van der Waals surface area (Å²) in [5.74, 6) is 0. The molecule has 21 heavy (non-hydrogen) atoms. The van der Waals surface area contributed by atoms with E-state index in [0.717, 1.165) is 10.2 Å². The molecule has 0 amide bonds. The van der Waals surface area contributed by atoms with Crippen LogP contribution in [-0.4, -0.2) is 11.5 Å². The first-order chi connectivity index (χ1) is 10.1. The van der Waals surface area contributed by atoms with Crippen molar-refractivity contribution in [1.29, 1.82) is 5.26 Å². The minimum absolute atomic E-state index is 0.137. The van der Waals surface area contributed by atoms with Crippen molar-refractivity contribution < 1.29 is 4.92 Å². The van der Waals surface area contributed by atoms with Crippen LogP contribution in [-0.2, 0) is 6.42 Å². The molecular formula is C15H12BrN3O2. The second-order valence-electron chi connectivity index (χ2n) is 4.37. The highest BCUT2D eigenvalue weighted by Gasteiger charge is 2.11. The molecule has 0 unspecified atom stereocenters. The highest BCUT2D eigenvalue weighted by molar-refractivity contribution is 9.10. The highest BCUT2D eigenvalue weighted by atomic mass is 79.9. The maximum atomic E-state index is 10.9. The second-order valence-corrected chi connectivity index (χ2v) is 5.22. The molecular weight excluding hydrogens is 334 g/mol. The molecule has 0 heterocycles. The minimum Gasteiger partial charge on any atom is -0.384 e. The number of hydrogen-bond donors (Lipinski definition) is 1. The zero-order valence-corrected chi connectivity index (χ0v) is 12.6. The number of rotatable bonds is 5. The minimum atomic E-state index is -0.368. The fourth-order valence-corrected chi connectivity index (χ4v) is 2.48. The Morgan fingerprint density at radius 3 is 2.71 bits per heavy atom. The van der Waals surface area contributed by atoms with Crippen LogP contribution in [0.2, 0.25) is 0 Å². The number of nitrogens with zero attached hydrogens (tertiary/aromatic N) is 2. The Hall–Kier alpha value is -2.39. The van der Waals surface area contributed by atoms with Gasteiger partial charge in [0.25, 0.3) is 5.69 Å². The summed E-state index contributed by atoms with van der Waals surface area (Å²) in [6.45, 7) is 0.565. The third-order valence-corrected chi connectivity index (χ3v) is 3.65. The van der Waals surface area contributed by atoms with Crippen LogP contribution in [0.25, 0.3) is 0 Å². The van der Waals surface area contributed by atoms with Crippen LogP contribution in [0.5, 0.6) is 0 Å². The largest absolute Gasteiger partial charge is 0.384 e. The Balaban J connectivity index is 2.02. The topological polar surface area (TPSA) is 79.0 Å². The van der Waals surface area contributed by atoms with E-state index in [1.807, 2.05) is 6.07 Å². The van der Waals surface area contributed by atoms with E-state index in [-0.39, 0.29) is 10.6 Å². The van der Waals surface area contributed by atoms with Crippen LogP contribution in [0, 0.1) is 21.4 Å². The Kier molecular flexibility index (Phi) is 4.90. The fraction of sp³-hybridized carbons (Fsp3) is 0.133. The molecule has 0 aliphatic heterocycles. The van der Waals surface area contributed by atoms with Gasteiger partial charge in [-0.3, -0.25) is 10.1 Å². The number of nitro benzene ring substituents is 1. The summed E-state index contributed by atoms with van der Waals surface area (Å²) in [6, 6.07) is 14.0. The van der Waals surface area contributed by atoms with E-state index in [9.17, 15) is 10.1 Å². The van der Waals surface area contributed by atoms with Gasteiger partial charge in [0.15, 0.2) is 0 Å². The SMILES string of the molecule is N#Cc1ccc(NCCc2ccccc2[N+](=O)[O-])c(Br)c1. The molecule has 6 heteroatoms. The van der Waals surface area contributed by atoms with Gasteiger partial charge in [0.2, 0.25) is 0 Å². The average molecular weight is 346 g/mol. The van der Waals surface area contributed by atoms with E-state index in [2.05, 4.69) is 27.3 Å². The van der Waals surface area contributed by atoms with Crippen LogP contribution < -0.4 is 5.32 Å². The summed E-state index contributed by atoms with van der Waals surface area (Å²) in [5.41, 5.74) is 2.26. The number of nitriles is 1. The number of anilines is 1. The molecule has 0 fully saturated rings. The van der Waals surface area contributed by atoms with Crippen LogP contribution in [0.15, 0.2) is 46.9 Å². The smallest absolute Gasteiger partial charge is 0.272 e. The standard InChI is InChI=1S/C15H12BrN3O2/c16-13-9-11(10-17)5-6-14(13)18-8-7-12-3-1-2-4-15(12)19(20)21/h1-6,9,18H,7-8H2. The number of nitro groups is 1. The summed E-state index contributed by atoms with van der Waals surface area (Å²) in [5, 5.41) is 22.9. The van der Waals surface area contributed by atoms with Crippen LogP contribution in [0.1, 0.15) is 11.1 Å². The molecule has 106 valence electrons. The lowest BCUT2D eigenvalue weighted by Gasteiger charge is -2.09. The molecule has 0 aliphatic rings. The summed E-state index contributed by atoms with van der Waals surface area (Å²) in [4.78, 5) is 10.6. The summed E-state index contributed by atoms with van der Waals surface area (Å²) in [7, 11) is 0. The Morgan fingerprint density at radius 1 is 1.29 bits per heavy atom. The summed E-state index contributed by atoms with van der Waals surface area (Å²) < 4.78 is 0.795. The first kappa shape index (κ1) is 15.0. The van der Waals surface area contributed by atoms with Gasteiger partial charge in [-0.2, -0.15) is 5.26 Å². The zero-order valence-electron chi connectivity index (χ0n) is 11.0. The van der Waals surface area contributed by atoms with E-state index < -0.39 is 0 Å². The zero-order chi connectivity index (χ0) is 15.2. The van der Waals surface area contributed by atoms with E-state index in [4.69, 9.17) is 5.26 Å². The number of nitrogens with one attached hydrogen (secondary N) is 1. The number of benzene rings is 2. The van der Waals surface area contributed by atoms with Gasteiger partial charge in [0.05, 0.1) is 16.6 Å². The highest BCUT2D eigenvalue weighted by Crippen LogP contribution is 2.24. The first-order valence-corrected chi connectivity index (χ1v) is 7.07. The molecule has 0 aromatic heterocycles. The third-order valence-electron chi connectivity index (χ3n) is 3.00. The van der Waals surface area contributed by atoms with E-state index >= 15 is 0 Å². The molecule has 2 aromatic rings. The van der Waals surface area contributed by atoms with Crippen molar-refractivity contribution in [2.45, 2.75) is 6.42 Å². The molecule has 1 N–H and O–H groups in total. The predicted octanol–water partition coefficient (Wildman–Crippen LogP) is 3.88. The van der Waals surface area contributed by atoms with Crippen molar-refractivity contribution in [3.8, 4) is 6.07 Å². The summed E-state index contributed by atoms with van der Waals surface area (Å²) >= 11 is 3.39. The molecule has 0 radical (unpaired) electrons. The van der Waals surface area contributed by atoms with Crippen molar-refractivity contribution >= 4 is 27.3 Å². The molecule has 0 saturated heterocycles. The van der Waals surface area contributed by atoms with Gasteiger partial charge in [-0.15, -0.1) is 0 Å². The maximum Gasteiger partial charge on any atom is 0.272 e. The van der Waals surface area contributed by atoms with Crippen molar-refractivity contribution in [3.05, 3.63) is 68.2 Å². The lowest BCUT2D eigenvalue weighted by atomic mass is 10.1. The molecule has 0 aliphatic carbocycles. The van der Waals surface area contributed by atoms with Crippen molar-refractivity contribution in [2.75, 3.05) is 11.9 Å². The number of halogens is 1. The maximum absolute atomic E-state index is 10.9. The van der Waals surface area contributed by atoms with Crippen molar-refractivity contribution in [3.63, 3.8) is 0 Å². The first-order valence-electron chi connectivity index (χ1n) is 6.27. The molecule has 0 bridgehead atoms. The van der Waals surface area contributed by atoms with Crippen LogP contribution >= 0.6 is 15.9 Å². The summed E-state index contributed by atoms with van der Waals surface area (Å²) in [6.07, 6.45) is 0.545. The molecule has 5 nitrogen and oxygen atoms in total. The molecule has 2 aromatic carbocycles. The Labute approximate surface area is 130 Å². The van der Waals surface area contributed by atoms with Crippen molar-refractivity contribution in [2.24, 2.45) is 0 Å². The fourth-order valence-electron chi connectivity index (χ4n) is 1.96. The molecule has 0 atom stereocenters. The quantitative estimate of drug-likeness (QED) is 0.658. The van der Waals surface area contributed by atoms with Crippen LogP contribution in [0.3, 0.4) is 0 Å². The van der Waals surface area contributed by atoms with Gasteiger partial charge in [-0.05, 0) is 40.5 Å². The van der Waals surface area contributed by atoms with E-state index in [0.29, 0.717) is 24.1 Å².